The van der Waals surface area contributed by atoms with Crippen molar-refractivity contribution >= 4 is 23.5 Å². The number of rotatable bonds is 5. The second-order valence-corrected chi connectivity index (χ2v) is 8.06. The average Bonchev–Trinajstić information content (AvgIpc) is 3.05. The standard InChI is InChI=1S/C24H25FN4O3/c1-4-29-19-12-28(13-20(30)26-17-8-6-16(25)7-9-17)23(31)21(19)22(27-24(29)32)18-10-5-14(2)11-15(18)3/h5-11,22H,4,12-13H2,1-3H3,(H,26,30)(H,27,32)/t22-/m1/s1. The second-order valence-electron chi connectivity index (χ2n) is 8.06. The minimum atomic E-state index is -0.571. The molecule has 32 heavy (non-hydrogen) atoms. The van der Waals surface area contributed by atoms with Gasteiger partial charge in [-0.1, -0.05) is 23.8 Å². The zero-order valence-corrected chi connectivity index (χ0v) is 18.2. The number of amides is 4. The fraction of sp³-hybridized carbons (Fsp3) is 0.292. The van der Waals surface area contributed by atoms with Crippen LogP contribution in [-0.4, -0.2) is 47.3 Å². The first-order valence-electron chi connectivity index (χ1n) is 10.5. The molecule has 4 rings (SSSR count). The third-order valence-electron chi connectivity index (χ3n) is 5.81. The highest BCUT2D eigenvalue weighted by atomic mass is 19.1. The van der Waals surface area contributed by atoms with Crippen LogP contribution in [0, 0.1) is 19.7 Å². The van der Waals surface area contributed by atoms with E-state index in [4.69, 9.17) is 0 Å². The number of likely N-dealkylation sites (N-methyl/N-ethyl adjacent to an activating group) is 1. The van der Waals surface area contributed by atoms with Crippen molar-refractivity contribution in [1.82, 2.24) is 15.1 Å². The Labute approximate surface area is 185 Å². The summed E-state index contributed by atoms with van der Waals surface area (Å²) >= 11 is 0. The maximum Gasteiger partial charge on any atom is 0.322 e. The molecule has 2 N–H and O–H groups in total. The SMILES string of the molecule is CCN1C(=O)N[C@H](c2ccc(C)cc2C)C2=C1CN(CC(=O)Nc1ccc(F)cc1)C2=O. The first-order chi connectivity index (χ1) is 15.3. The summed E-state index contributed by atoms with van der Waals surface area (Å²) in [5.41, 5.74) is 4.50. The molecule has 8 heteroatoms. The van der Waals surface area contributed by atoms with Gasteiger partial charge in [-0.15, -0.1) is 0 Å². The minimum absolute atomic E-state index is 0.172. The van der Waals surface area contributed by atoms with Crippen LogP contribution in [0.5, 0.6) is 0 Å². The fourth-order valence-electron chi connectivity index (χ4n) is 4.30. The molecule has 0 saturated carbocycles. The number of aryl methyl sites for hydroxylation is 2. The smallest absolute Gasteiger partial charge is 0.322 e. The van der Waals surface area contributed by atoms with Crippen molar-refractivity contribution in [1.29, 1.82) is 0 Å². The lowest BCUT2D eigenvalue weighted by molar-refractivity contribution is -0.130. The lowest BCUT2D eigenvalue weighted by Gasteiger charge is -2.33. The Morgan fingerprint density at radius 3 is 2.53 bits per heavy atom. The molecular weight excluding hydrogens is 411 g/mol. The van der Waals surface area contributed by atoms with Gasteiger partial charge in [0.1, 0.15) is 12.4 Å². The third kappa shape index (κ3) is 3.95. The van der Waals surface area contributed by atoms with Crippen LogP contribution in [0.2, 0.25) is 0 Å². The van der Waals surface area contributed by atoms with E-state index >= 15 is 0 Å². The van der Waals surface area contributed by atoms with E-state index in [0.717, 1.165) is 16.7 Å². The lowest BCUT2D eigenvalue weighted by atomic mass is 9.91. The highest BCUT2D eigenvalue weighted by Crippen LogP contribution is 2.37. The van der Waals surface area contributed by atoms with Crippen molar-refractivity contribution in [3.63, 3.8) is 0 Å². The Hall–Kier alpha value is -3.68. The Morgan fingerprint density at radius 2 is 1.88 bits per heavy atom. The van der Waals surface area contributed by atoms with Gasteiger partial charge in [0, 0.05) is 12.2 Å². The number of hydrogen-bond acceptors (Lipinski definition) is 3. The summed E-state index contributed by atoms with van der Waals surface area (Å²) < 4.78 is 13.1. The van der Waals surface area contributed by atoms with Gasteiger partial charge in [-0.3, -0.25) is 14.5 Å². The van der Waals surface area contributed by atoms with Crippen LogP contribution in [-0.2, 0) is 9.59 Å². The molecule has 2 aliphatic heterocycles. The molecule has 0 unspecified atom stereocenters. The first-order valence-corrected chi connectivity index (χ1v) is 10.5. The molecule has 0 radical (unpaired) electrons. The molecule has 2 aliphatic rings. The van der Waals surface area contributed by atoms with Gasteiger partial charge in [-0.05, 0) is 56.2 Å². The van der Waals surface area contributed by atoms with Crippen molar-refractivity contribution in [2.24, 2.45) is 0 Å². The summed E-state index contributed by atoms with van der Waals surface area (Å²) in [5.74, 6) is -1.07. The third-order valence-corrected chi connectivity index (χ3v) is 5.81. The fourth-order valence-corrected chi connectivity index (χ4v) is 4.30. The zero-order valence-electron chi connectivity index (χ0n) is 18.2. The largest absolute Gasteiger partial charge is 0.326 e. The number of benzene rings is 2. The van der Waals surface area contributed by atoms with Gasteiger partial charge in [-0.25, -0.2) is 9.18 Å². The van der Waals surface area contributed by atoms with Crippen LogP contribution >= 0.6 is 0 Å². The quantitative estimate of drug-likeness (QED) is 0.755. The number of nitrogens with one attached hydrogen (secondary N) is 2. The predicted octanol–water partition coefficient (Wildman–Crippen LogP) is 3.26. The maximum absolute atomic E-state index is 13.4. The van der Waals surface area contributed by atoms with E-state index in [9.17, 15) is 18.8 Å². The number of carbonyl (C=O) groups excluding carboxylic acids is 3. The lowest BCUT2D eigenvalue weighted by Crippen LogP contribution is -2.47. The van der Waals surface area contributed by atoms with Crippen LogP contribution in [0.25, 0.3) is 0 Å². The second kappa shape index (κ2) is 8.45. The van der Waals surface area contributed by atoms with E-state index in [2.05, 4.69) is 10.6 Å². The normalized spacial score (nSPS) is 18.1. The van der Waals surface area contributed by atoms with Gasteiger partial charge in [-0.2, -0.15) is 0 Å². The molecule has 0 saturated heterocycles. The number of halogens is 1. The van der Waals surface area contributed by atoms with E-state index in [-0.39, 0.29) is 25.0 Å². The highest BCUT2D eigenvalue weighted by molar-refractivity contribution is 6.04. The van der Waals surface area contributed by atoms with Crippen LogP contribution in [0.3, 0.4) is 0 Å². The van der Waals surface area contributed by atoms with Gasteiger partial charge in [0.05, 0.1) is 23.9 Å². The van der Waals surface area contributed by atoms with Crippen molar-refractivity contribution in [2.45, 2.75) is 26.8 Å². The summed E-state index contributed by atoms with van der Waals surface area (Å²) in [7, 11) is 0. The maximum atomic E-state index is 13.4. The number of hydrogen-bond donors (Lipinski definition) is 2. The van der Waals surface area contributed by atoms with Crippen LogP contribution in [0.1, 0.15) is 29.7 Å². The molecule has 0 spiro atoms. The molecule has 166 valence electrons. The molecular formula is C24H25FN4O3. The van der Waals surface area contributed by atoms with E-state index in [1.165, 1.54) is 29.2 Å². The molecule has 0 fully saturated rings. The minimum Gasteiger partial charge on any atom is -0.326 e. The highest BCUT2D eigenvalue weighted by Gasteiger charge is 2.44. The Bertz CT molecular complexity index is 1130. The Balaban J connectivity index is 1.59. The zero-order chi connectivity index (χ0) is 23.0. The summed E-state index contributed by atoms with van der Waals surface area (Å²) in [5, 5.41) is 5.64. The number of anilines is 1. The van der Waals surface area contributed by atoms with Gasteiger partial charge >= 0.3 is 6.03 Å². The van der Waals surface area contributed by atoms with Crippen LogP contribution in [0.15, 0.2) is 53.7 Å². The van der Waals surface area contributed by atoms with Crippen molar-refractivity contribution in [3.05, 3.63) is 76.2 Å². The summed E-state index contributed by atoms with van der Waals surface area (Å²) in [6.07, 6.45) is 0. The van der Waals surface area contributed by atoms with Gasteiger partial charge in [0.25, 0.3) is 5.91 Å². The summed E-state index contributed by atoms with van der Waals surface area (Å²) in [4.78, 5) is 41.7. The van der Waals surface area contributed by atoms with Gasteiger partial charge in [0.15, 0.2) is 0 Å². The van der Waals surface area contributed by atoms with Crippen LogP contribution in [0.4, 0.5) is 14.9 Å². The number of carbonyl (C=O) groups is 3. The summed E-state index contributed by atoms with van der Waals surface area (Å²) in [6.45, 7) is 6.20. The predicted molar refractivity (Wildman–Crippen MR) is 118 cm³/mol. The van der Waals surface area contributed by atoms with E-state index in [1.807, 2.05) is 39.0 Å². The topological polar surface area (TPSA) is 81.8 Å². The Morgan fingerprint density at radius 1 is 1.16 bits per heavy atom. The van der Waals surface area contributed by atoms with E-state index < -0.39 is 17.8 Å². The van der Waals surface area contributed by atoms with Gasteiger partial charge in [0.2, 0.25) is 5.91 Å². The Kier molecular flexibility index (Phi) is 5.69. The summed E-state index contributed by atoms with van der Waals surface area (Å²) in [6, 6.07) is 10.5. The van der Waals surface area contributed by atoms with E-state index in [0.29, 0.717) is 23.5 Å². The molecule has 7 nitrogen and oxygen atoms in total. The van der Waals surface area contributed by atoms with Crippen molar-refractivity contribution < 1.29 is 18.8 Å². The molecule has 4 amide bonds. The van der Waals surface area contributed by atoms with Crippen molar-refractivity contribution in [3.8, 4) is 0 Å². The molecule has 2 aromatic carbocycles. The number of nitrogens with zero attached hydrogens (tertiary/aromatic N) is 2. The molecule has 0 bridgehead atoms. The molecule has 0 aliphatic carbocycles. The van der Waals surface area contributed by atoms with Gasteiger partial charge < -0.3 is 15.5 Å². The first kappa shape index (κ1) is 21.5. The molecule has 0 aromatic heterocycles. The van der Waals surface area contributed by atoms with E-state index in [1.54, 1.807) is 4.90 Å². The molecule has 2 heterocycles. The monoisotopic (exact) mass is 436 g/mol. The van der Waals surface area contributed by atoms with Crippen LogP contribution < -0.4 is 10.6 Å². The number of urea groups is 1. The molecule has 2 aromatic rings. The molecule has 1 atom stereocenters. The van der Waals surface area contributed by atoms with Crippen molar-refractivity contribution in [2.75, 3.05) is 25.0 Å². The average molecular weight is 436 g/mol.